The highest BCUT2D eigenvalue weighted by Gasteiger charge is 2.26. The van der Waals surface area contributed by atoms with Crippen molar-refractivity contribution in [3.05, 3.63) is 23.8 Å². The predicted molar refractivity (Wildman–Crippen MR) is 76.8 cm³/mol. The van der Waals surface area contributed by atoms with E-state index in [1.54, 1.807) is 0 Å². The molecule has 0 spiro atoms. The summed E-state index contributed by atoms with van der Waals surface area (Å²) >= 11 is 0. The minimum atomic E-state index is -3.77. The van der Waals surface area contributed by atoms with Crippen LogP contribution in [0.3, 0.4) is 0 Å². The summed E-state index contributed by atoms with van der Waals surface area (Å²) in [6.45, 7) is 2.46. The van der Waals surface area contributed by atoms with E-state index in [2.05, 4.69) is 11.6 Å². The number of benzene rings is 1. The van der Waals surface area contributed by atoms with Gasteiger partial charge in [-0.05, 0) is 36.5 Å². The van der Waals surface area contributed by atoms with E-state index in [0.717, 1.165) is 31.4 Å². The molecule has 0 bridgehead atoms. The summed E-state index contributed by atoms with van der Waals surface area (Å²) < 4.78 is 26.9. The fraction of sp³-hybridized carbons (Fsp3) is 0.500. The van der Waals surface area contributed by atoms with Crippen LogP contribution in [0.5, 0.6) is 5.75 Å². The number of carbonyl (C=O) groups is 1. The molecule has 1 aromatic rings. The molecule has 3 N–H and O–H groups in total. The topological polar surface area (TPSA) is 104 Å². The Morgan fingerprint density at radius 2 is 2.10 bits per heavy atom. The van der Waals surface area contributed by atoms with Crippen LogP contribution >= 0.6 is 0 Å². The van der Waals surface area contributed by atoms with Crippen molar-refractivity contribution in [3.63, 3.8) is 0 Å². The van der Waals surface area contributed by atoms with E-state index in [-0.39, 0.29) is 4.90 Å². The average molecular weight is 313 g/mol. The van der Waals surface area contributed by atoms with Gasteiger partial charge in [0.15, 0.2) is 0 Å². The smallest absolute Gasteiger partial charge is 0.339 e. The van der Waals surface area contributed by atoms with Gasteiger partial charge in [0.1, 0.15) is 11.3 Å². The fourth-order valence-electron chi connectivity index (χ4n) is 2.68. The van der Waals surface area contributed by atoms with Gasteiger partial charge in [-0.15, -0.1) is 0 Å². The molecule has 1 saturated carbocycles. The monoisotopic (exact) mass is 313 g/mol. The van der Waals surface area contributed by atoms with Crippen molar-refractivity contribution in [2.45, 2.75) is 31.1 Å². The molecule has 0 radical (unpaired) electrons. The number of hydrogen-bond donors (Lipinski definition) is 3. The molecule has 1 aromatic carbocycles. The zero-order valence-corrected chi connectivity index (χ0v) is 12.6. The Labute approximate surface area is 123 Å². The summed E-state index contributed by atoms with van der Waals surface area (Å²) in [4.78, 5) is 10.8. The summed E-state index contributed by atoms with van der Waals surface area (Å²) in [7, 11) is -3.77. The van der Waals surface area contributed by atoms with Gasteiger partial charge in [0.05, 0.1) is 4.90 Å². The third-order valence-electron chi connectivity index (χ3n) is 4.08. The molecule has 0 amide bonds. The Bertz CT molecular complexity index is 641. The molecular formula is C14H19NO5S. The zero-order chi connectivity index (χ0) is 15.6. The molecule has 21 heavy (non-hydrogen) atoms. The molecule has 0 heterocycles. The Kier molecular flexibility index (Phi) is 4.53. The van der Waals surface area contributed by atoms with Gasteiger partial charge in [-0.3, -0.25) is 0 Å². The van der Waals surface area contributed by atoms with Gasteiger partial charge in [-0.2, -0.15) is 0 Å². The van der Waals surface area contributed by atoms with E-state index in [1.165, 1.54) is 6.07 Å². The number of aromatic hydroxyl groups is 1. The highest BCUT2D eigenvalue weighted by atomic mass is 32.2. The van der Waals surface area contributed by atoms with E-state index >= 15 is 0 Å². The number of phenols is 1. The van der Waals surface area contributed by atoms with Crippen LogP contribution in [-0.4, -0.2) is 31.1 Å². The minimum absolute atomic E-state index is 0.150. The van der Waals surface area contributed by atoms with Gasteiger partial charge in [-0.1, -0.05) is 19.8 Å². The summed E-state index contributed by atoms with van der Waals surface area (Å²) in [5.74, 6) is -1.02. The van der Waals surface area contributed by atoms with Gasteiger partial charge in [0.2, 0.25) is 10.0 Å². The van der Waals surface area contributed by atoms with Crippen molar-refractivity contribution in [1.82, 2.24) is 4.72 Å². The second-order valence-corrected chi connectivity index (χ2v) is 7.27. The molecule has 2 rings (SSSR count). The maximum absolute atomic E-state index is 12.2. The van der Waals surface area contributed by atoms with Crippen LogP contribution in [-0.2, 0) is 10.0 Å². The third kappa shape index (κ3) is 3.54. The molecule has 1 fully saturated rings. The Hall–Kier alpha value is -1.60. The van der Waals surface area contributed by atoms with E-state index in [4.69, 9.17) is 5.11 Å². The molecule has 2 atom stereocenters. The average Bonchev–Trinajstić information content (AvgIpc) is 2.82. The van der Waals surface area contributed by atoms with Crippen molar-refractivity contribution in [3.8, 4) is 5.75 Å². The predicted octanol–water partition coefficient (Wildman–Crippen LogP) is 1.80. The molecule has 1 aliphatic carbocycles. The van der Waals surface area contributed by atoms with Crippen LogP contribution in [0.15, 0.2) is 23.1 Å². The van der Waals surface area contributed by atoms with Gasteiger partial charge < -0.3 is 10.2 Å². The lowest BCUT2D eigenvalue weighted by Crippen LogP contribution is -2.30. The molecular weight excluding hydrogens is 294 g/mol. The summed E-state index contributed by atoms with van der Waals surface area (Å²) in [6, 6.07) is 3.25. The van der Waals surface area contributed by atoms with Crippen molar-refractivity contribution >= 4 is 16.0 Å². The first-order valence-corrected chi connectivity index (χ1v) is 8.35. The van der Waals surface area contributed by atoms with Gasteiger partial charge in [0, 0.05) is 6.54 Å². The number of rotatable bonds is 5. The van der Waals surface area contributed by atoms with Crippen molar-refractivity contribution in [1.29, 1.82) is 0 Å². The third-order valence-corrected chi connectivity index (χ3v) is 5.50. The van der Waals surface area contributed by atoms with E-state index < -0.39 is 27.3 Å². The maximum atomic E-state index is 12.2. The number of carboxylic acid groups (broad SMARTS) is 1. The van der Waals surface area contributed by atoms with Crippen LogP contribution in [0.2, 0.25) is 0 Å². The molecule has 7 heteroatoms. The number of hydrogen-bond acceptors (Lipinski definition) is 4. The lowest BCUT2D eigenvalue weighted by molar-refractivity contribution is 0.0693. The summed E-state index contributed by atoms with van der Waals surface area (Å²) in [6.07, 6.45) is 3.21. The lowest BCUT2D eigenvalue weighted by atomic mass is 9.99. The molecule has 6 nitrogen and oxygen atoms in total. The minimum Gasteiger partial charge on any atom is -0.507 e. The van der Waals surface area contributed by atoms with Gasteiger partial charge in [-0.25, -0.2) is 17.9 Å². The molecule has 0 aliphatic heterocycles. The van der Waals surface area contributed by atoms with Crippen LogP contribution < -0.4 is 4.72 Å². The lowest BCUT2D eigenvalue weighted by Gasteiger charge is -2.16. The highest BCUT2D eigenvalue weighted by Crippen LogP contribution is 2.31. The SMILES string of the molecule is CC1CCCC1CNS(=O)(=O)c1ccc(O)c(C(=O)O)c1. The second-order valence-electron chi connectivity index (χ2n) is 5.50. The van der Waals surface area contributed by atoms with Crippen molar-refractivity contribution in [2.24, 2.45) is 11.8 Å². The Morgan fingerprint density at radius 1 is 1.38 bits per heavy atom. The van der Waals surface area contributed by atoms with E-state index in [0.29, 0.717) is 18.4 Å². The molecule has 2 unspecified atom stereocenters. The van der Waals surface area contributed by atoms with E-state index in [9.17, 15) is 18.3 Å². The number of sulfonamides is 1. The van der Waals surface area contributed by atoms with Gasteiger partial charge >= 0.3 is 5.97 Å². The van der Waals surface area contributed by atoms with Crippen LogP contribution in [0.4, 0.5) is 0 Å². The first kappa shape index (κ1) is 15.8. The Morgan fingerprint density at radius 3 is 2.67 bits per heavy atom. The van der Waals surface area contributed by atoms with Crippen molar-refractivity contribution in [2.75, 3.05) is 6.54 Å². The number of aromatic carboxylic acids is 1. The van der Waals surface area contributed by atoms with E-state index in [1.807, 2.05) is 0 Å². The quantitative estimate of drug-likeness (QED) is 0.769. The van der Waals surface area contributed by atoms with Crippen LogP contribution in [0.25, 0.3) is 0 Å². The first-order chi connectivity index (χ1) is 9.81. The molecule has 116 valence electrons. The maximum Gasteiger partial charge on any atom is 0.339 e. The molecule has 1 aliphatic rings. The largest absolute Gasteiger partial charge is 0.507 e. The van der Waals surface area contributed by atoms with Crippen LogP contribution in [0.1, 0.15) is 36.5 Å². The zero-order valence-electron chi connectivity index (χ0n) is 11.7. The molecule has 0 saturated heterocycles. The highest BCUT2D eigenvalue weighted by molar-refractivity contribution is 7.89. The second kappa shape index (κ2) is 6.03. The number of carboxylic acids is 1. The molecule has 0 aromatic heterocycles. The first-order valence-electron chi connectivity index (χ1n) is 6.87. The standard InChI is InChI=1S/C14H19NO5S/c1-9-3-2-4-10(9)8-15-21(19,20)11-5-6-13(16)12(7-11)14(17)18/h5-7,9-10,15-16H,2-4,8H2,1H3,(H,17,18). The fourth-order valence-corrected chi connectivity index (χ4v) is 3.80. The summed E-state index contributed by atoms with van der Waals surface area (Å²) in [5, 5.41) is 18.3. The number of nitrogens with one attached hydrogen (secondary N) is 1. The van der Waals surface area contributed by atoms with Crippen molar-refractivity contribution < 1.29 is 23.4 Å². The normalized spacial score (nSPS) is 22.3. The van der Waals surface area contributed by atoms with Gasteiger partial charge in [0.25, 0.3) is 0 Å². The summed E-state index contributed by atoms with van der Waals surface area (Å²) in [5.41, 5.74) is -0.424. The van der Waals surface area contributed by atoms with Crippen LogP contribution in [0, 0.1) is 11.8 Å². The Balaban J connectivity index is 2.15.